The minimum atomic E-state index is -0.194. The van der Waals surface area contributed by atoms with Gasteiger partial charge in [-0.05, 0) is 49.4 Å². The van der Waals surface area contributed by atoms with Gasteiger partial charge < -0.3 is 15.5 Å². The second-order valence-corrected chi connectivity index (χ2v) is 9.36. The first-order valence-corrected chi connectivity index (χ1v) is 11.5. The van der Waals surface area contributed by atoms with Crippen molar-refractivity contribution in [1.29, 1.82) is 5.26 Å². The number of thioether (sulfide) groups is 1. The number of amides is 2. The Balaban J connectivity index is 1.24. The number of carbonyl (C=O) groups excluding carboxylic acids is 1. The molecule has 0 saturated carbocycles. The molecule has 2 bridgehead atoms. The summed E-state index contributed by atoms with van der Waals surface area (Å²) in [4.78, 5) is 17.5. The standard InChI is InChI=1S/C21H29N5OS/c22-12-16-2-1-3-19(10-16)24-21(27)23-13-20-11-17-4-5-26(20)15-18(17)14-25-6-8-28-9-7-25/h1-3,10,17-18,20H,4-9,11,13-15H2,(H2,23,24,27)/t17-,18+,20+/m1/s1. The molecule has 0 aliphatic carbocycles. The van der Waals surface area contributed by atoms with Gasteiger partial charge in [-0.1, -0.05) is 6.07 Å². The highest BCUT2D eigenvalue weighted by molar-refractivity contribution is 7.99. The van der Waals surface area contributed by atoms with Gasteiger partial charge in [-0.2, -0.15) is 17.0 Å². The number of nitriles is 1. The third-order valence-electron chi connectivity index (χ3n) is 6.36. The fourth-order valence-electron chi connectivity index (χ4n) is 4.84. The van der Waals surface area contributed by atoms with Crippen LogP contribution in [0.5, 0.6) is 0 Å². The minimum Gasteiger partial charge on any atom is -0.336 e. The van der Waals surface area contributed by atoms with E-state index in [-0.39, 0.29) is 6.03 Å². The molecule has 0 spiro atoms. The maximum absolute atomic E-state index is 12.3. The van der Waals surface area contributed by atoms with Crippen LogP contribution in [0.1, 0.15) is 18.4 Å². The van der Waals surface area contributed by atoms with E-state index in [0.29, 0.717) is 23.8 Å². The number of carbonyl (C=O) groups is 1. The summed E-state index contributed by atoms with van der Waals surface area (Å²) in [5, 5.41) is 14.8. The van der Waals surface area contributed by atoms with Crippen LogP contribution >= 0.6 is 11.8 Å². The highest BCUT2D eigenvalue weighted by Gasteiger charge is 2.40. The SMILES string of the molecule is N#Cc1cccc(NC(=O)NC[C@@H]2C[C@H]3CCN2C[C@@H]3CN2CCSCC2)c1. The molecule has 2 N–H and O–H groups in total. The molecule has 6 nitrogen and oxygen atoms in total. The Bertz CT molecular complexity index is 730. The van der Waals surface area contributed by atoms with E-state index < -0.39 is 0 Å². The van der Waals surface area contributed by atoms with E-state index in [1.165, 1.54) is 50.5 Å². The molecule has 150 valence electrons. The molecular weight excluding hydrogens is 370 g/mol. The van der Waals surface area contributed by atoms with Crippen molar-refractivity contribution in [2.75, 3.05) is 56.1 Å². The Morgan fingerprint density at radius 2 is 2.14 bits per heavy atom. The summed E-state index contributed by atoms with van der Waals surface area (Å²) in [6, 6.07) is 9.35. The Hall–Kier alpha value is -1.75. The lowest BCUT2D eigenvalue weighted by atomic mass is 9.75. The van der Waals surface area contributed by atoms with Crippen LogP contribution in [0, 0.1) is 23.2 Å². The second kappa shape index (κ2) is 9.17. The van der Waals surface area contributed by atoms with E-state index in [9.17, 15) is 4.79 Å². The lowest BCUT2D eigenvalue weighted by Crippen LogP contribution is -2.59. The van der Waals surface area contributed by atoms with Crippen molar-refractivity contribution in [3.63, 3.8) is 0 Å². The number of urea groups is 1. The lowest BCUT2D eigenvalue weighted by Gasteiger charge is -2.51. The molecule has 4 aliphatic rings. The van der Waals surface area contributed by atoms with E-state index in [1.54, 1.807) is 24.3 Å². The van der Waals surface area contributed by atoms with E-state index in [1.807, 2.05) is 0 Å². The predicted molar refractivity (Wildman–Crippen MR) is 114 cm³/mol. The second-order valence-electron chi connectivity index (χ2n) is 8.13. The zero-order valence-electron chi connectivity index (χ0n) is 16.3. The Morgan fingerprint density at radius 1 is 1.29 bits per heavy atom. The number of benzene rings is 1. The first-order chi connectivity index (χ1) is 13.7. The van der Waals surface area contributed by atoms with E-state index >= 15 is 0 Å². The number of rotatable bonds is 5. The van der Waals surface area contributed by atoms with E-state index in [0.717, 1.165) is 18.4 Å². The van der Waals surface area contributed by atoms with Crippen molar-refractivity contribution in [1.82, 2.24) is 15.1 Å². The average Bonchev–Trinajstić information content (AvgIpc) is 2.74. The monoisotopic (exact) mass is 399 g/mol. The molecule has 4 saturated heterocycles. The summed E-state index contributed by atoms with van der Waals surface area (Å²) in [7, 11) is 0. The number of anilines is 1. The van der Waals surface area contributed by atoms with Crippen LogP contribution in [0.2, 0.25) is 0 Å². The molecule has 1 unspecified atom stereocenters. The van der Waals surface area contributed by atoms with Crippen LogP contribution < -0.4 is 10.6 Å². The van der Waals surface area contributed by atoms with Crippen molar-refractivity contribution in [2.45, 2.75) is 18.9 Å². The fourth-order valence-corrected chi connectivity index (χ4v) is 5.82. The Kier molecular flexibility index (Phi) is 6.40. The van der Waals surface area contributed by atoms with Gasteiger partial charge in [0.25, 0.3) is 0 Å². The van der Waals surface area contributed by atoms with Crippen LogP contribution in [0.25, 0.3) is 0 Å². The predicted octanol–water partition coefficient (Wildman–Crippen LogP) is 2.44. The molecule has 0 aromatic heterocycles. The highest BCUT2D eigenvalue weighted by Crippen LogP contribution is 2.36. The number of hydrogen-bond donors (Lipinski definition) is 2. The molecule has 28 heavy (non-hydrogen) atoms. The lowest BCUT2D eigenvalue weighted by molar-refractivity contribution is -0.00980. The fraction of sp³-hybridized carbons (Fsp3) is 0.619. The molecule has 1 aromatic rings. The molecule has 4 aliphatic heterocycles. The number of piperidine rings is 3. The van der Waals surface area contributed by atoms with Crippen LogP contribution in [-0.2, 0) is 0 Å². The summed E-state index contributed by atoms with van der Waals surface area (Å²) in [6.07, 6.45) is 2.49. The summed E-state index contributed by atoms with van der Waals surface area (Å²) < 4.78 is 0. The van der Waals surface area contributed by atoms with Crippen molar-refractivity contribution in [3.8, 4) is 6.07 Å². The molecule has 5 rings (SSSR count). The smallest absolute Gasteiger partial charge is 0.319 e. The van der Waals surface area contributed by atoms with Gasteiger partial charge in [0.2, 0.25) is 0 Å². The largest absolute Gasteiger partial charge is 0.336 e. The Labute approximate surface area is 171 Å². The molecule has 4 fully saturated rings. The quantitative estimate of drug-likeness (QED) is 0.796. The van der Waals surface area contributed by atoms with Crippen LogP contribution in [0.15, 0.2) is 24.3 Å². The molecule has 2 amide bonds. The third-order valence-corrected chi connectivity index (χ3v) is 7.30. The van der Waals surface area contributed by atoms with Gasteiger partial charge in [0.15, 0.2) is 0 Å². The Morgan fingerprint density at radius 3 is 2.89 bits per heavy atom. The minimum absolute atomic E-state index is 0.194. The molecule has 7 heteroatoms. The molecule has 0 radical (unpaired) electrons. The van der Waals surface area contributed by atoms with E-state index in [4.69, 9.17) is 5.26 Å². The summed E-state index contributed by atoms with van der Waals surface area (Å²) in [5.41, 5.74) is 1.20. The summed E-state index contributed by atoms with van der Waals surface area (Å²) in [6.45, 7) is 6.75. The maximum Gasteiger partial charge on any atom is 0.319 e. The molecule has 1 aromatic carbocycles. The number of hydrogen-bond acceptors (Lipinski definition) is 5. The number of nitrogens with one attached hydrogen (secondary N) is 2. The zero-order chi connectivity index (χ0) is 19.3. The van der Waals surface area contributed by atoms with Crippen molar-refractivity contribution < 1.29 is 4.79 Å². The number of nitrogens with zero attached hydrogens (tertiary/aromatic N) is 3. The van der Waals surface area contributed by atoms with Gasteiger partial charge in [0.1, 0.15) is 0 Å². The van der Waals surface area contributed by atoms with Gasteiger partial charge in [-0.3, -0.25) is 4.90 Å². The van der Waals surface area contributed by atoms with Gasteiger partial charge in [0.05, 0.1) is 11.6 Å². The van der Waals surface area contributed by atoms with Gasteiger partial charge in [0, 0.05) is 56.0 Å². The molecule has 4 heterocycles. The third kappa shape index (κ3) is 4.80. The average molecular weight is 400 g/mol. The van der Waals surface area contributed by atoms with Crippen molar-refractivity contribution >= 4 is 23.5 Å². The first-order valence-electron chi connectivity index (χ1n) is 10.3. The molecule has 4 atom stereocenters. The van der Waals surface area contributed by atoms with Crippen LogP contribution in [0.3, 0.4) is 0 Å². The van der Waals surface area contributed by atoms with Gasteiger partial charge >= 0.3 is 6.03 Å². The highest BCUT2D eigenvalue weighted by atomic mass is 32.2. The topological polar surface area (TPSA) is 71.4 Å². The van der Waals surface area contributed by atoms with Crippen molar-refractivity contribution in [3.05, 3.63) is 29.8 Å². The summed E-state index contributed by atoms with van der Waals surface area (Å²) in [5.74, 6) is 4.14. The summed E-state index contributed by atoms with van der Waals surface area (Å²) >= 11 is 2.07. The van der Waals surface area contributed by atoms with Crippen molar-refractivity contribution in [2.24, 2.45) is 11.8 Å². The first kappa shape index (κ1) is 19.6. The zero-order valence-corrected chi connectivity index (χ0v) is 17.1. The van der Waals surface area contributed by atoms with E-state index in [2.05, 4.69) is 38.3 Å². The molecular formula is C21H29N5OS. The van der Waals surface area contributed by atoms with Crippen LogP contribution in [-0.4, -0.2) is 72.6 Å². The maximum atomic E-state index is 12.3. The normalized spacial score (nSPS) is 29.8. The number of fused-ring (bicyclic) bond motifs is 3. The van der Waals surface area contributed by atoms with Gasteiger partial charge in [-0.25, -0.2) is 4.79 Å². The van der Waals surface area contributed by atoms with Crippen LogP contribution in [0.4, 0.5) is 10.5 Å². The van der Waals surface area contributed by atoms with Gasteiger partial charge in [-0.15, -0.1) is 0 Å².